The highest BCUT2D eigenvalue weighted by Gasteiger charge is 2.07. The van der Waals surface area contributed by atoms with Crippen molar-refractivity contribution in [3.05, 3.63) is 103 Å². The molecule has 9 heteroatoms. The van der Waals surface area contributed by atoms with Crippen LogP contribution in [0.25, 0.3) is 0 Å². The zero-order valence-electron chi connectivity index (χ0n) is 32.8. The number of esters is 2. The predicted molar refractivity (Wildman–Crippen MR) is 220 cm³/mol. The van der Waals surface area contributed by atoms with E-state index in [0.29, 0.717) is 35.7 Å². The van der Waals surface area contributed by atoms with Crippen LogP contribution in [0.5, 0.6) is 17.2 Å². The average Bonchev–Trinajstić information content (AvgIpc) is 3.20. The monoisotopic (exact) mass is 746 g/mol. The molecule has 0 heterocycles. The highest BCUT2D eigenvalue weighted by molar-refractivity contribution is 5.73. The molecule has 0 aliphatic rings. The molecule has 0 radical (unpaired) electrons. The predicted octanol–water partition coefficient (Wildman–Crippen LogP) is 14.4. The Hall–Kier alpha value is -5.18. The van der Waals surface area contributed by atoms with Crippen molar-refractivity contribution in [2.75, 3.05) is 6.61 Å². The molecule has 0 amide bonds. The zero-order chi connectivity index (χ0) is 38.8. The number of carbonyl (C=O) groups is 2. The van der Waals surface area contributed by atoms with Gasteiger partial charge in [0, 0.05) is 12.8 Å². The van der Waals surface area contributed by atoms with Gasteiger partial charge in [-0.05, 0) is 111 Å². The fourth-order valence-electron chi connectivity index (χ4n) is 5.83. The van der Waals surface area contributed by atoms with E-state index >= 15 is 0 Å². The van der Waals surface area contributed by atoms with Crippen molar-refractivity contribution in [3.8, 4) is 17.2 Å². The standard InChI is InChI=1S/C46H58N4O5/c1-3-4-5-6-7-11-14-17-36-53-42-30-24-39(25-31-42)48-50-41-28-34-44(35-29-41)55-46(52)19-16-13-10-8-9-12-15-18-45(51)54-43-32-26-40(27-33-43)49-47-38-22-20-37(2)21-23-38/h20-35H,3-19,36H2,1-2H3. The van der Waals surface area contributed by atoms with E-state index in [9.17, 15) is 9.59 Å². The van der Waals surface area contributed by atoms with E-state index in [2.05, 4.69) is 27.4 Å². The average molecular weight is 747 g/mol. The molecule has 0 N–H and O–H groups in total. The maximum atomic E-state index is 12.3. The van der Waals surface area contributed by atoms with Crippen LogP contribution in [-0.2, 0) is 9.59 Å². The molecule has 0 fully saturated rings. The van der Waals surface area contributed by atoms with Gasteiger partial charge in [-0.15, -0.1) is 0 Å². The number of carbonyl (C=O) groups excluding carboxylic acids is 2. The van der Waals surface area contributed by atoms with Crippen molar-refractivity contribution in [3.63, 3.8) is 0 Å². The van der Waals surface area contributed by atoms with Gasteiger partial charge in [0.25, 0.3) is 0 Å². The van der Waals surface area contributed by atoms with Crippen LogP contribution in [-0.4, -0.2) is 18.5 Å². The fraction of sp³-hybridized carbons (Fsp3) is 0.435. The maximum absolute atomic E-state index is 12.3. The Morgan fingerprint density at radius 3 is 1.15 bits per heavy atom. The number of benzene rings is 4. The summed E-state index contributed by atoms with van der Waals surface area (Å²) in [4.78, 5) is 24.6. The van der Waals surface area contributed by atoms with E-state index in [1.807, 2.05) is 55.5 Å². The summed E-state index contributed by atoms with van der Waals surface area (Å²) in [6.45, 7) is 5.01. The van der Waals surface area contributed by atoms with Gasteiger partial charge >= 0.3 is 11.9 Å². The minimum Gasteiger partial charge on any atom is -0.494 e. The SMILES string of the molecule is CCCCCCCCCCOc1ccc(N=Nc2ccc(OC(=O)CCCCCCCCCC(=O)Oc3ccc(N=Nc4ccc(C)cc4)cc3)cc2)cc1. The van der Waals surface area contributed by atoms with Crippen LogP contribution in [0, 0.1) is 6.92 Å². The van der Waals surface area contributed by atoms with Crippen LogP contribution >= 0.6 is 0 Å². The highest BCUT2D eigenvalue weighted by Crippen LogP contribution is 2.25. The van der Waals surface area contributed by atoms with Gasteiger partial charge in [0.05, 0.1) is 29.4 Å². The lowest BCUT2D eigenvalue weighted by Crippen LogP contribution is -2.07. The highest BCUT2D eigenvalue weighted by atomic mass is 16.5. The van der Waals surface area contributed by atoms with Crippen molar-refractivity contribution in [2.45, 2.75) is 123 Å². The number of aryl methyl sites for hydroxylation is 1. The lowest BCUT2D eigenvalue weighted by molar-refractivity contribution is -0.135. The van der Waals surface area contributed by atoms with Crippen LogP contribution < -0.4 is 14.2 Å². The van der Waals surface area contributed by atoms with Crippen molar-refractivity contribution < 1.29 is 23.8 Å². The minimum absolute atomic E-state index is 0.234. The molecule has 55 heavy (non-hydrogen) atoms. The van der Waals surface area contributed by atoms with Crippen LogP contribution in [0.3, 0.4) is 0 Å². The molecule has 0 bridgehead atoms. The van der Waals surface area contributed by atoms with Gasteiger partial charge in [-0.3, -0.25) is 9.59 Å². The summed E-state index contributed by atoms with van der Waals surface area (Å²) in [5, 5.41) is 17.1. The minimum atomic E-state index is -0.237. The second kappa shape index (κ2) is 25.8. The molecule has 4 rings (SSSR count). The van der Waals surface area contributed by atoms with Gasteiger partial charge in [0.2, 0.25) is 0 Å². The molecular weight excluding hydrogens is 689 g/mol. The fourth-order valence-corrected chi connectivity index (χ4v) is 5.83. The third kappa shape index (κ3) is 18.6. The smallest absolute Gasteiger partial charge is 0.311 e. The Morgan fingerprint density at radius 2 is 0.745 bits per heavy atom. The Kier molecular flexibility index (Phi) is 19.9. The second-order valence-corrected chi connectivity index (χ2v) is 14.0. The summed E-state index contributed by atoms with van der Waals surface area (Å²) in [5.41, 5.74) is 4.07. The van der Waals surface area contributed by atoms with E-state index < -0.39 is 0 Å². The van der Waals surface area contributed by atoms with Gasteiger partial charge in [0.15, 0.2) is 0 Å². The largest absolute Gasteiger partial charge is 0.494 e. The summed E-state index contributed by atoms with van der Waals surface area (Å²) < 4.78 is 16.8. The summed E-state index contributed by atoms with van der Waals surface area (Å²) >= 11 is 0. The molecule has 4 aromatic carbocycles. The third-order valence-corrected chi connectivity index (χ3v) is 9.10. The maximum Gasteiger partial charge on any atom is 0.311 e. The number of hydrogen-bond acceptors (Lipinski definition) is 9. The van der Waals surface area contributed by atoms with Crippen molar-refractivity contribution in [2.24, 2.45) is 20.5 Å². The first-order chi connectivity index (χ1) is 27.0. The van der Waals surface area contributed by atoms with Crippen molar-refractivity contribution in [1.29, 1.82) is 0 Å². The first kappa shape index (κ1) is 42.6. The summed E-state index contributed by atoms with van der Waals surface area (Å²) in [5.74, 6) is 1.38. The van der Waals surface area contributed by atoms with E-state index in [1.54, 1.807) is 48.5 Å². The Bertz CT molecular complexity index is 1720. The van der Waals surface area contributed by atoms with Crippen LogP contribution in [0.2, 0.25) is 0 Å². The molecule has 0 aliphatic heterocycles. The van der Waals surface area contributed by atoms with Gasteiger partial charge in [-0.2, -0.15) is 20.5 Å². The van der Waals surface area contributed by atoms with Crippen molar-refractivity contribution >= 4 is 34.7 Å². The molecule has 4 aromatic rings. The van der Waals surface area contributed by atoms with Gasteiger partial charge in [-0.1, -0.05) is 102 Å². The molecular formula is C46H58N4O5. The quantitative estimate of drug-likeness (QED) is 0.0275. The number of nitrogens with zero attached hydrogens (tertiary/aromatic N) is 4. The first-order valence-electron chi connectivity index (χ1n) is 20.2. The number of rotatable bonds is 26. The summed E-state index contributed by atoms with van der Waals surface area (Å²) in [7, 11) is 0. The molecule has 292 valence electrons. The molecule has 0 spiro atoms. The van der Waals surface area contributed by atoms with Gasteiger partial charge in [-0.25, -0.2) is 0 Å². The normalized spacial score (nSPS) is 11.3. The molecule has 0 saturated heterocycles. The summed E-state index contributed by atoms with van der Waals surface area (Å²) in [6.07, 6.45) is 17.7. The van der Waals surface area contributed by atoms with Crippen LogP contribution in [0.4, 0.5) is 22.7 Å². The molecule has 0 atom stereocenters. The number of azo groups is 2. The van der Waals surface area contributed by atoms with Crippen LogP contribution in [0.15, 0.2) is 118 Å². The summed E-state index contributed by atoms with van der Waals surface area (Å²) in [6, 6.07) is 29.5. The molecule has 9 nitrogen and oxygen atoms in total. The van der Waals surface area contributed by atoms with Crippen molar-refractivity contribution in [1.82, 2.24) is 0 Å². The van der Waals surface area contributed by atoms with Gasteiger partial charge in [0.1, 0.15) is 17.2 Å². The molecule has 0 saturated carbocycles. The lowest BCUT2D eigenvalue weighted by Gasteiger charge is -2.06. The number of unbranched alkanes of at least 4 members (excludes halogenated alkanes) is 13. The first-order valence-corrected chi connectivity index (χ1v) is 20.2. The number of ether oxygens (including phenoxy) is 3. The van der Waals surface area contributed by atoms with E-state index in [0.717, 1.165) is 75.1 Å². The molecule has 0 unspecified atom stereocenters. The van der Waals surface area contributed by atoms with E-state index in [1.165, 1.54) is 50.5 Å². The second-order valence-electron chi connectivity index (χ2n) is 14.0. The van der Waals surface area contributed by atoms with E-state index in [4.69, 9.17) is 14.2 Å². The lowest BCUT2D eigenvalue weighted by atomic mass is 10.1. The topological polar surface area (TPSA) is 111 Å². The Balaban J connectivity index is 0.982. The van der Waals surface area contributed by atoms with Crippen LogP contribution in [0.1, 0.15) is 122 Å². The zero-order valence-corrected chi connectivity index (χ0v) is 32.8. The van der Waals surface area contributed by atoms with Gasteiger partial charge < -0.3 is 14.2 Å². The Labute approximate surface area is 327 Å². The van der Waals surface area contributed by atoms with E-state index in [-0.39, 0.29) is 11.9 Å². The molecule has 0 aromatic heterocycles. The number of hydrogen-bond donors (Lipinski definition) is 0. The third-order valence-electron chi connectivity index (χ3n) is 9.10. The Morgan fingerprint density at radius 1 is 0.418 bits per heavy atom. The molecule has 0 aliphatic carbocycles.